The van der Waals surface area contributed by atoms with E-state index in [4.69, 9.17) is 4.74 Å². The van der Waals surface area contributed by atoms with Crippen molar-refractivity contribution in [1.29, 1.82) is 0 Å². The van der Waals surface area contributed by atoms with Gasteiger partial charge in [0, 0.05) is 11.4 Å². The van der Waals surface area contributed by atoms with Crippen LogP contribution in [0.1, 0.15) is 5.56 Å². The molecule has 2 rings (SSSR count). The Hall–Kier alpha value is -2.68. The molecule has 5 nitrogen and oxygen atoms in total. The van der Waals surface area contributed by atoms with Gasteiger partial charge in [0.2, 0.25) is 11.8 Å². The van der Waals surface area contributed by atoms with Gasteiger partial charge in [-0.05, 0) is 48.5 Å². The van der Waals surface area contributed by atoms with Crippen molar-refractivity contribution < 1.29 is 27.5 Å². The number of hydrogen-bond donors (Lipinski definition) is 2. The first-order valence-corrected chi connectivity index (χ1v) is 8.92. The smallest absolute Gasteiger partial charge is 0.416 e. The molecular weight excluding hydrogens is 381 g/mol. The van der Waals surface area contributed by atoms with Crippen LogP contribution in [0.15, 0.2) is 48.5 Å². The third-order valence-corrected chi connectivity index (χ3v) is 4.27. The lowest BCUT2D eigenvalue weighted by molar-refractivity contribution is -0.137. The molecule has 2 aromatic rings. The molecule has 0 aliphatic heterocycles. The van der Waals surface area contributed by atoms with Crippen LogP contribution in [0, 0.1) is 0 Å². The summed E-state index contributed by atoms with van der Waals surface area (Å²) in [5.74, 6) is 0.0515. The first-order chi connectivity index (χ1) is 12.8. The Balaban J connectivity index is 1.72. The highest BCUT2D eigenvalue weighted by molar-refractivity contribution is 8.00. The van der Waals surface area contributed by atoms with Gasteiger partial charge < -0.3 is 15.4 Å². The fourth-order valence-electron chi connectivity index (χ4n) is 2.05. The van der Waals surface area contributed by atoms with Gasteiger partial charge in [-0.2, -0.15) is 13.2 Å². The van der Waals surface area contributed by atoms with E-state index in [1.807, 2.05) is 0 Å². The van der Waals surface area contributed by atoms with Gasteiger partial charge >= 0.3 is 6.18 Å². The second-order valence-corrected chi connectivity index (χ2v) is 6.38. The maximum Gasteiger partial charge on any atom is 0.416 e. The van der Waals surface area contributed by atoms with Crippen molar-refractivity contribution in [3.63, 3.8) is 0 Å². The molecule has 0 aliphatic carbocycles. The van der Waals surface area contributed by atoms with Crippen LogP contribution in [0.2, 0.25) is 0 Å². The number of rotatable bonds is 7. The second-order valence-electron chi connectivity index (χ2n) is 5.39. The van der Waals surface area contributed by atoms with Crippen LogP contribution in [0.4, 0.5) is 24.5 Å². The first-order valence-electron chi connectivity index (χ1n) is 7.76. The van der Waals surface area contributed by atoms with Gasteiger partial charge in [-0.3, -0.25) is 9.59 Å². The number of alkyl halides is 3. The van der Waals surface area contributed by atoms with Crippen molar-refractivity contribution in [2.75, 3.05) is 29.2 Å². The minimum absolute atomic E-state index is 0.00292. The molecule has 0 saturated carbocycles. The Labute approximate surface area is 158 Å². The summed E-state index contributed by atoms with van der Waals surface area (Å²) in [6.07, 6.45) is -4.42. The molecule has 2 aromatic carbocycles. The Morgan fingerprint density at radius 3 is 1.74 bits per heavy atom. The summed E-state index contributed by atoms with van der Waals surface area (Å²) in [4.78, 5) is 23.6. The van der Waals surface area contributed by atoms with Gasteiger partial charge in [-0.1, -0.05) is 0 Å². The van der Waals surface area contributed by atoms with Gasteiger partial charge in [0.1, 0.15) is 5.75 Å². The normalized spacial score (nSPS) is 11.0. The van der Waals surface area contributed by atoms with E-state index in [1.54, 1.807) is 31.4 Å². The second kappa shape index (κ2) is 9.31. The minimum Gasteiger partial charge on any atom is -0.497 e. The third kappa shape index (κ3) is 6.86. The van der Waals surface area contributed by atoms with E-state index in [9.17, 15) is 22.8 Å². The molecule has 0 bridgehead atoms. The molecule has 27 heavy (non-hydrogen) atoms. The summed E-state index contributed by atoms with van der Waals surface area (Å²) in [5, 5.41) is 5.17. The number of anilines is 2. The quantitative estimate of drug-likeness (QED) is 0.739. The van der Waals surface area contributed by atoms with Gasteiger partial charge in [-0.25, -0.2) is 0 Å². The van der Waals surface area contributed by atoms with Gasteiger partial charge in [0.05, 0.1) is 24.2 Å². The fraction of sp³-hybridized carbons (Fsp3) is 0.222. The Morgan fingerprint density at radius 1 is 0.889 bits per heavy atom. The number of nitrogens with one attached hydrogen (secondary N) is 2. The lowest BCUT2D eigenvalue weighted by Gasteiger charge is -2.09. The largest absolute Gasteiger partial charge is 0.497 e. The molecule has 0 aromatic heterocycles. The van der Waals surface area contributed by atoms with E-state index in [-0.39, 0.29) is 23.1 Å². The lowest BCUT2D eigenvalue weighted by atomic mass is 10.2. The minimum atomic E-state index is -4.42. The Morgan fingerprint density at radius 2 is 1.33 bits per heavy atom. The Kier molecular flexibility index (Phi) is 7.12. The number of thioether (sulfide) groups is 1. The molecule has 0 fully saturated rings. The molecule has 2 amide bonds. The summed E-state index contributed by atoms with van der Waals surface area (Å²) in [5.41, 5.74) is 0.0805. The molecule has 0 radical (unpaired) electrons. The number of carbonyl (C=O) groups excluding carboxylic acids is 2. The van der Waals surface area contributed by atoms with Crippen molar-refractivity contribution in [3.05, 3.63) is 54.1 Å². The van der Waals surface area contributed by atoms with Crippen LogP contribution in [-0.2, 0) is 15.8 Å². The van der Waals surface area contributed by atoms with Gasteiger partial charge in [0.25, 0.3) is 0 Å². The number of halogens is 3. The number of ether oxygens (including phenoxy) is 1. The molecular formula is C18H17F3N2O3S. The first kappa shape index (κ1) is 20.6. The lowest BCUT2D eigenvalue weighted by Crippen LogP contribution is -2.18. The molecule has 9 heteroatoms. The van der Waals surface area contributed by atoms with Crippen LogP contribution in [0.3, 0.4) is 0 Å². The zero-order chi connectivity index (χ0) is 19.9. The van der Waals surface area contributed by atoms with Crippen molar-refractivity contribution in [2.24, 2.45) is 0 Å². The summed E-state index contributed by atoms with van der Waals surface area (Å²) < 4.78 is 42.5. The molecule has 0 spiro atoms. The summed E-state index contributed by atoms with van der Waals surface area (Å²) in [7, 11) is 1.54. The molecule has 0 aliphatic rings. The number of benzene rings is 2. The van der Waals surface area contributed by atoms with Crippen LogP contribution < -0.4 is 15.4 Å². The molecule has 0 atom stereocenters. The van der Waals surface area contributed by atoms with E-state index >= 15 is 0 Å². The molecule has 2 N–H and O–H groups in total. The highest BCUT2D eigenvalue weighted by Crippen LogP contribution is 2.29. The maximum absolute atomic E-state index is 12.5. The van der Waals surface area contributed by atoms with Crippen molar-refractivity contribution >= 4 is 35.0 Å². The zero-order valence-corrected chi connectivity index (χ0v) is 15.1. The molecule has 0 unspecified atom stereocenters. The van der Waals surface area contributed by atoms with Gasteiger partial charge in [0.15, 0.2) is 0 Å². The predicted octanol–water partition coefficient (Wildman–Crippen LogP) is 4.02. The van der Waals surface area contributed by atoms with Gasteiger partial charge in [-0.15, -0.1) is 11.8 Å². The van der Waals surface area contributed by atoms with Crippen LogP contribution in [-0.4, -0.2) is 30.4 Å². The average molecular weight is 398 g/mol. The van der Waals surface area contributed by atoms with Crippen molar-refractivity contribution in [2.45, 2.75) is 6.18 Å². The third-order valence-electron chi connectivity index (χ3n) is 3.34. The number of hydrogen-bond acceptors (Lipinski definition) is 4. The van der Waals surface area contributed by atoms with E-state index < -0.39 is 17.6 Å². The van der Waals surface area contributed by atoms with E-state index in [0.29, 0.717) is 11.4 Å². The average Bonchev–Trinajstić information content (AvgIpc) is 2.62. The fourth-order valence-corrected chi connectivity index (χ4v) is 2.66. The van der Waals surface area contributed by atoms with Crippen molar-refractivity contribution in [3.8, 4) is 5.75 Å². The standard InChI is InChI=1S/C18H17F3N2O3S/c1-26-15-8-6-14(7-9-15)23-17(25)11-27-10-16(24)22-13-4-2-12(3-5-13)18(19,20)21/h2-9H,10-11H2,1H3,(H,22,24)(H,23,25). The van der Waals surface area contributed by atoms with E-state index in [2.05, 4.69) is 10.6 Å². The highest BCUT2D eigenvalue weighted by Gasteiger charge is 2.29. The monoisotopic (exact) mass is 398 g/mol. The van der Waals surface area contributed by atoms with E-state index in [1.165, 1.54) is 12.1 Å². The number of carbonyl (C=O) groups is 2. The van der Waals surface area contributed by atoms with Crippen LogP contribution in [0.25, 0.3) is 0 Å². The maximum atomic E-state index is 12.5. The Bertz CT molecular complexity index is 778. The predicted molar refractivity (Wildman–Crippen MR) is 99.0 cm³/mol. The number of amides is 2. The van der Waals surface area contributed by atoms with Crippen molar-refractivity contribution in [1.82, 2.24) is 0 Å². The molecule has 144 valence electrons. The summed E-state index contributed by atoms with van der Waals surface area (Å²) in [6.45, 7) is 0. The molecule has 0 saturated heterocycles. The zero-order valence-electron chi connectivity index (χ0n) is 14.3. The highest BCUT2D eigenvalue weighted by atomic mass is 32.2. The molecule has 0 heterocycles. The SMILES string of the molecule is COc1ccc(NC(=O)CSCC(=O)Nc2ccc(C(F)(F)F)cc2)cc1. The summed E-state index contributed by atoms with van der Waals surface area (Å²) >= 11 is 1.09. The van der Waals surface area contributed by atoms with Crippen LogP contribution >= 0.6 is 11.8 Å². The summed E-state index contributed by atoms with van der Waals surface area (Å²) in [6, 6.07) is 11.0. The topological polar surface area (TPSA) is 67.4 Å². The number of methoxy groups -OCH3 is 1. The van der Waals surface area contributed by atoms with E-state index in [0.717, 1.165) is 23.9 Å². The van der Waals surface area contributed by atoms with Crippen LogP contribution in [0.5, 0.6) is 5.75 Å².